The van der Waals surface area contributed by atoms with E-state index < -0.39 is 29.1 Å². The third-order valence-electron chi connectivity index (χ3n) is 5.26. The molecule has 1 saturated carbocycles. The molecule has 6 heteroatoms. The summed E-state index contributed by atoms with van der Waals surface area (Å²) in [6, 6.07) is 7.03. The Bertz CT molecular complexity index is 528. The molecule has 0 aromatic heterocycles. The van der Waals surface area contributed by atoms with Gasteiger partial charge in [0.1, 0.15) is 5.75 Å². The number of hydrogen-bond donors (Lipinski definition) is 1. The molecule has 136 valence electrons. The summed E-state index contributed by atoms with van der Waals surface area (Å²) in [5.41, 5.74) is 1.05. The topological polar surface area (TPSA) is 23.5 Å². The molecule has 2 nitrogen and oxygen atoms in total. The van der Waals surface area contributed by atoms with E-state index in [-0.39, 0.29) is 5.41 Å². The summed E-state index contributed by atoms with van der Waals surface area (Å²) in [4.78, 5) is 0. The van der Waals surface area contributed by atoms with Gasteiger partial charge in [-0.3, -0.25) is 0 Å². The normalized spacial score (nSPS) is 16.0. The van der Waals surface area contributed by atoms with Crippen LogP contribution in [0, 0.1) is 0 Å². The van der Waals surface area contributed by atoms with Crippen molar-refractivity contribution in [3.63, 3.8) is 0 Å². The van der Waals surface area contributed by atoms with E-state index in [9.17, 15) is 5.11 Å². The number of benzene rings is 1. The molecule has 0 unspecified atom stereocenters. The fourth-order valence-corrected chi connectivity index (χ4v) is 6.35. The van der Waals surface area contributed by atoms with Gasteiger partial charge in [0.2, 0.25) is 0 Å². The van der Waals surface area contributed by atoms with E-state index in [1.165, 1.54) is 30.9 Å². The minimum atomic E-state index is -1.82. The zero-order valence-corrected chi connectivity index (χ0v) is 20.8. The van der Waals surface area contributed by atoms with Crippen LogP contribution in [0.5, 0.6) is 5.75 Å². The van der Waals surface area contributed by atoms with Gasteiger partial charge in [-0.05, 0) is 36.1 Å². The van der Waals surface area contributed by atoms with E-state index in [0.717, 1.165) is 5.56 Å². The zero-order valence-electron chi connectivity index (χ0n) is 15.8. The third-order valence-corrected chi connectivity index (χ3v) is 9.11. The molecule has 0 aliphatic heterocycles. The van der Waals surface area contributed by atoms with Gasteiger partial charge in [-0.2, -0.15) is 0 Å². The molecular formula is C18H31Cl2NOSiZr. The molecule has 0 spiro atoms. The Balaban J connectivity index is 0.000000891. The number of aromatic hydroxyl groups is 1. The summed E-state index contributed by atoms with van der Waals surface area (Å²) in [6.07, 6.45) is 5.33. The first-order chi connectivity index (χ1) is 11.1. The molecule has 2 rings (SSSR count). The molecule has 1 N–H and O–H groups in total. The predicted molar refractivity (Wildman–Crippen MR) is 106 cm³/mol. The molecule has 0 atom stereocenters. The van der Waals surface area contributed by atoms with Gasteiger partial charge < -0.3 is 9.67 Å². The average molecular weight is 468 g/mol. The van der Waals surface area contributed by atoms with Crippen LogP contribution in [0.15, 0.2) is 18.2 Å². The van der Waals surface area contributed by atoms with E-state index in [0.29, 0.717) is 11.8 Å². The van der Waals surface area contributed by atoms with Crippen LogP contribution in [-0.2, 0) is 26.3 Å². The van der Waals surface area contributed by atoms with Crippen LogP contribution in [0.3, 0.4) is 0 Å². The molecule has 0 amide bonds. The Morgan fingerprint density at radius 2 is 1.67 bits per heavy atom. The Kier molecular flexibility index (Phi) is 9.04. The Labute approximate surface area is 167 Å². The summed E-state index contributed by atoms with van der Waals surface area (Å²) in [5, 5.41) is 12.0. The standard InChI is InChI=1S/C18H31NOSi.2ClH.Zr/c1-18(2,3)15-12-9-13-16(17(15)20)21(5,6)19(4)14-10-7-8-11-14;;;/h9,12-14,20H,7-8,10-11H2,1-6H3;2*1H;/q;;;+2/p-2. The van der Waals surface area contributed by atoms with Crippen LogP contribution in [0.25, 0.3) is 0 Å². The van der Waals surface area contributed by atoms with Gasteiger partial charge in [0.15, 0.2) is 8.24 Å². The molecule has 24 heavy (non-hydrogen) atoms. The Morgan fingerprint density at radius 1 is 1.17 bits per heavy atom. The van der Waals surface area contributed by atoms with Gasteiger partial charge in [-0.25, -0.2) is 0 Å². The Hall–Kier alpha value is 0.660. The maximum absolute atomic E-state index is 10.9. The number of phenolic OH excluding ortho intramolecular Hbond substituents is 1. The Morgan fingerprint density at radius 3 is 2.12 bits per heavy atom. The number of nitrogens with zero attached hydrogens (tertiary/aromatic N) is 1. The minimum absolute atomic E-state index is 0.0174. The van der Waals surface area contributed by atoms with Gasteiger partial charge in [-0.15, -0.1) is 0 Å². The van der Waals surface area contributed by atoms with E-state index in [1.54, 1.807) is 0 Å². The van der Waals surface area contributed by atoms with Crippen LogP contribution in [0.1, 0.15) is 52.0 Å². The van der Waals surface area contributed by atoms with Gasteiger partial charge in [0, 0.05) is 6.04 Å². The molecule has 1 aliphatic rings. The number of halogens is 2. The van der Waals surface area contributed by atoms with Crippen molar-refractivity contribution in [2.75, 3.05) is 7.05 Å². The second-order valence-electron chi connectivity index (χ2n) is 8.13. The fraction of sp³-hybridized carbons (Fsp3) is 0.667. The van der Waals surface area contributed by atoms with Crippen molar-refractivity contribution in [3.05, 3.63) is 23.8 Å². The van der Waals surface area contributed by atoms with Crippen molar-refractivity contribution < 1.29 is 26.0 Å². The molecule has 1 aliphatic carbocycles. The second kappa shape index (κ2) is 9.55. The molecule has 0 bridgehead atoms. The summed E-state index contributed by atoms with van der Waals surface area (Å²) >= 11 is -0.826. The molecule has 0 radical (unpaired) electrons. The van der Waals surface area contributed by atoms with Crippen molar-refractivity contribution in [3.8, 4) is 5.75 Å². The molecule has 1 aromatic carbocycles. The number of para-hydroxylation sites is 1. The molecular weight excluding hydrogens is 436 g/mol. The fourth-order valence-electron chi connectivity index (χ4n) is 3.58. The summed E-state index contributed by atoms with van der Waals surface area (Å²) in [6.45, 7) is 11.2. The summed E-state index contributed by atoms with van der Waals surface area (Å²) < 4.78 is 2.60. The van der Waals surface area contributed by atoms with Crippen LogP contribution < -0.4 is 5.19 Å². The maximum atomic E-state index is 10.9. The molecule has 0 heterocycles. The third kappa shape index (κ3) is 5.58. The number of phenols is 1. The first kappa shape index (κ1) is 22.7. The predicted octanol–water partition coefficient (Wildman–Crippen LogP) is 5.35. The first-order valence-corrected chi connectivity index (χ1v) is 17.9. The van der Waals surface area contributed by atoms with E-state index in [1.807, 2.05) is 0 Å². The zero-order chi connectivity index (χ0) is 18.5. The molecule has 0 saturated heterocycles. The quantitative estimate of drug-likeness (QED) is 0.606. The summed E-state index contributed by atoms with van der Waals surface area (Å²) in [7, 11) is 10.3. The van der Waals surface area contributed by atoms with E-state index in [4.69, 9.17) is 17.0 Å². The number of hydrogen-bond acceptors (Lipinski definition) is 2. The van der Waals surface area contributed by atoms with Crippen molar-refractivity contribution in [1.29, 1.82) is 0 Å². The van der Waals surface area contributed by atoms with Gasteiger partial charge in [0.05, 0.1) is 0 Å². The van der Waals surface area contributed by atoms with Gasteiger partial charge in [-0.1, -0.05) is 64.9 Å². The van der Waals surface area contributed by atoms with Crippen LogP contribution >= 0.6 is 17.0 Å². The molecule has 1 aromatic rings. The monoisotopic (exact) mass is 465 g/mol. The van der Waals surface area contributed by atoms with Crippen molar-refractivity contribution in [2.24, 2.45) is 0 Å². The van der Waals surface area contributed by atoms with E-state index >= 15 is 0 Å². The first-order valence-electron chi connectivity index (χ1n) is 8.59. The van der Waals surface area contributed by atoms with Crippen LogP contribution in [0.4, 0.5) is 0 Å². The van der Waals surface area contributed by atoms with Crippen LogP contribution in [0.2, 0.25) is 13.1 Å². The number of rotatable bonds is 3. The molecule has 1 fully saturated rings. The second-order valence-corrected chi connectivity index (χ2v) is 16.2. The van der Waals surface area contributed by atoms with Gasteiger partial charge in [0.25, 0.3) is 0 Å². The summed E-state index contributed by atoms with van der Waals surface area (Å²) in [5.74, 6) is 0.534. The van der Waals surface area contributed by atoms with E-state index in [2.05, 4.69) is 63.7 Å². The van der Waals surface area contributed by atoms with Crippen molar-refractivity contribution in [2.45, 2.75) is 71.0 Å². The van der Waals surface area contributed by atoms with Crippen molar-refractivity contribution in [1.82, 2.24) is 4.57 Å². The SMILES string of the molecule is CN(C1CCCC1)[Si](C)(C)c1cccc(C(C)(C)C)c1O.[Cl][Zr][Cl]. The van der Waals surface area contributed by atoms with Crippen molar-refractivity contribution >= 4 is 30.4 Å². The average Bonchev–Trinajstić information content (AvgIpc) is 3.00. The van der Waals surface area contributed by atoms with Crippen LogP contribution in [-0.4, -0.2) is 31.0 Å². The van der Waals surface area contributed by atoms with Gasteiger partial charge >= 0.3 is 37.9 Å².